The second kappa shape index (κ2) is 4.52. The summed E-state index contributed by atoms with van der Waals surface area (Å²) in [6.45, 7) is 6.53. The summed E-state index contributed by atoms with van der Waals surface area (Å²) >= 11 is 0. The Morgan fingerprint density at radius 2 is 1.41 bits per heavy atom. The molecule has 1 N–H and O–H groups in total. The molecule has 1 aromatic rings. The van der Waals surface area contributed by atoms with E-state index >= 15 is 0 Å². The molecule has 0 spiro atoms. The predicted molar refractivity (Wildman–Crippen MR) is 76.8 cm³/mol. The summed E-state index contributed by atoms with van der Waals surface area (Å²) in [5.74, 6) is 0.539. The second-order valence-corrected chi connectivity index (χ2v) is 5.10. The molecule has 2 heterocycles. The number of phenolic OH excluding ortho intramolecular Hbond substituents is 1. The SMILES string of the molecule is Br.Cc1c(O)c(C)c2c3c1CCCN3CCC2. The minimum absolute atomic E-state index is 0. The summed E-state index contributed by atoms with van der Waals surface area (Å²) in [5.41, 5.74) is 6.50. The Morgan fingerprint density at radius 3 is 1.88 bits per heavy atom. The molecule has 1 aromatic carbocycles. The Kier molecular flexibility index (Phi) is 3.39. The zero-order valence-electron chi connectivity index (χ0n) is 10.5. The number of halogens is 1. The fourth-order valence-electron chi connectivity index (χ4n) is 3.33. The third-order valence-corrected chi connectivity index (χ3v) is 4.21. The lowest BCUT2D eigenvalue weighted by atomic mass is 9.85. The second-order valence-electron chi connectivity index (χ2n) is 5.10. The van der Waals surface area contributed by atoms with Gasteiger partial charge in [0.15, 0.2) is 0 Å². The maximum absolute atomic E-state index is 10.2. The van der Waals surface area contributed by atoms with Gasteiger partial charge in [0.05, 0.1) is 0 Å². The monoisotopic (exact) mass is 297 g/mol. The smallest absolute Gasteiger partial charge is 0.122 e. The van der Waals surface area contributed by atoms with Gasteiger partial charge in [0.25, 0.3) is 0 Å². The minimum Gasteiger partial charge on any atom is -0.507 e. The van der Waals surface area contributed by atoms with E-state index in [0.29, 0.717) is 5.75 Å². The van der Waals surface area contributed by atoms with Crippen LogP contribution in [0.15, 0.2) is 0 Å². The van der Waals surface area contributed by atoms with Gasteiger partial charge in [-0.25, -0.2) is 0 Å². The maximum atomic E-state index is 10.2. The van der Waals surface area contributed by atoms with E-state index in [4.69, 9.17) is 0 Å². The quantitative estimate of drug-likeness (QED) is 0.794. The summed E-state index contributed by atoms with van der Waals surface area (Å²) < 4.78 is 0. The minimum atomic E-state index is 0. The zero-order chi connectivity index (χ0) is 11.3. The van der Waals surface area contributed by atoms with Crippen molar-refractivity contribution in [2.45, 2.75) is 39.5 Å². The van der Waals surface area contributed by atoms with Gasteiger partial charge in [-0.3, -0.25) is 0 Å². The van der Waals surface area contributed by atoms with Crippen LogP contribution in [0.1, 0.15) is 35.1 Å². The molecular weight excluding hydrogens is 278 g/mol. The molecule has 0 amide bonds. The standard InChI is InChI=1S/C14H19NO.BrH/c1-9-11-5-3-7-15-8-4-6-12(13(11)15)10(2)14(9)16;/h16H,3-8H2,1-2H3;1H. The largest absolute Gasteiger partial charge is 0.507 e. The normalized spacial score (nSPS) is 17.4. The van der Waals surface area contributed by atoms with Crippen molar-refractivity contribution in [1.29, 1.82) is 0 Å². The Labute approximate surface area is 113 Å². The Morgan fingerprint density at radius 1 is 0.941 bits per heavy atom. The summed E-state index contributed by atoms with van der Waals surface area (Å²) in [4.78, 5) is 2.52. The predicted octanol–water partition coefficient (Wildman–Crippen LogP) is 3.29. The van der Waals surface area contributed by atoms with Crippen LogP contribution in [0, 0.1) is 13.8 Å². The first-order valence-corrected chi connectivity index (χ1v) is 6.29. The lowest BCUT2D eigenvalue weighted by Gasteiger charge is -2.38. The van der Waals surface area contributed by atoms with Crippen molar-refractivity contribution >= 4 is 22.7 Å². The van der Waals surface area contributed by atoms with Crippen molar-refractivity contribution in [3.8, 4) is 5.75 Å². The van der Waals surface area contributed by atoms with E-state index < -0.39 is 0 Å². The van der Waals surface area contributed by atoms with Gasteiger partial charge < -0.3 is 10.0 Å². The summed E-state index contributed by atoms with van der Waals surface area (Å²) in [5, 5.41) is 10.2. The molecule has 2 aliphatic heterocycles. The molecule has 94 valence electrons. The van der Waals surface area contributed by atoms with Crippen molar-refractivity contribution < 1.29 is 5.11 Å². The highest BCUT2D eigenvalue weighted by atomic mass is 79.9. The van der Waals surface area contributed by atoms with Crippen LogP contribution in [-0.2, 0) is 12.8 Å². The molecule has 0 atom stereocenters. The van der Waals surface area contributed by atoms with Crippen LogP contribution in [0.4, 0.5) is 5.69 Å². The van der Waals surface area contributed by atoms with Gasteiger partial charge in [-0.15, -0.1) is 17.0 Å². The fourth-order valence-corrected chi connectivity index (χ4v) is 3.33. The molecule has 0 aromatic heterocycles. The average molecular weight is 298 g/mol. The van der Waals surface area contributed by atoms with Gasteiger partial charge in [0, 0.05) is 18.8 Å². The first-order chi connectivity index (χ1) is 7.70. The van der Waals surface area contributed by atoms with Gasteiger partial charge in [-0.2, -0.15) is 0 Å². The van der Waals surface area contributed by atoms with E-state index in [1.165, 1.54) is 42.7 Å². The number of benzene rings is 1. The molecule has 3 heteroatoms. The molecule has 0 saturated heterocycles. The fraction of sp³-hybridized carbons (Fsp3) is 0.571. The molecule has 2 aliphatic rings. The summed E-state index contributed by atoms with van der Waals surface area (Å²) in [6, 6.07) is 0. The van der Waals surface area contributed by atoms with Crippen LogP contribution < -0.4 is 4.90 Å². The van der Waals surface area contributed by atoms with E-state index in [-0.39, 0.29) is 17.0 Å². The van der Waals surface area contributed by atoms with Gasteiger partial charge in [-0.05, 0) is 61.8 Å². The Balaban J connectivity index is 0.00000108. The van der Waals surface area contributed by atoms with E-state index in [9.17, 15) is 5.11 Å². The zero-order valence-corrected chi connectivity index (χ0v) is 12.3. The number of rotatable bonds is 0. The van der Waals surface area contributed by atoms with Crippen LogP contribution in [-0.4, -0.2) is 18.2 Å². The molecule has 0 bridgehead atoms. The van der Waals surface area contributed by atoms with E-state index in [1.54, 1.807) is 0 Å². The number of nitrogens with zero attached hydrogens (tertiary/aromatic N) is 1. The van der Waals surface area contributed by atoms with Crippen LogP contribution in [0.25, 0.3) is 0 Å². The molecule has 0 fully saturated rings. The topological polar surface area (TPSA) is 23.5 Å². The summed E-state index contributed by atoms with van der Waals surface area (Å²) in [6.07, 6.45) is 4.74. The highest BCUT2D eigenvalue weighted by Crippen LogP contribution is 2.43. The number of hydrogen-bond acceptors (Lipinski definition) is 2. The lowest BCUT2D eigenvalue weighted by molar-refractivity contribution is 0.462. The van der Waals surface area contributed by atoms with Gasteiger partial charge in [0.1, 0.15) is 5.75 Å². The molecule has 0 saturated carbocycles. The molecule has 17 heavy (non-hydrogen) atoms. The molecule has 0 radical (unpaired) electrons. The lowest BCUT2D eigenvalue weighted by Crippen LogP contribution is -2.35. The van der Waals surface area contributed by atoms with Gasteiger partial charge in [0.2, 0.25) is 0 Å². The van der Waals surface area contributed by atoms with Gasteiger partial charge in [-0.1, -0.05) is 0 Å². The highest BCUT2D eigenvalue weighted by Gasteiger charge is 2.28. The first kappa shape index (κ1) is 12.7. The maximum Gasteiger partial charge on any atom is 0.122 e. The third kappa shape index (κ3) is 1.75. The van der Waals surface area contributed by atoms with Crippen LogP contribution in [0.2, 0.25) is 0 Å². The molecule has 0 unspecified atom stereocenters. The first-order valence-electron chi connectivity index (χ1n) is 6.29. The van der Waals surface area contributed by atoms with Crippen LogP contribution >= 0.6 is 17.0 Å². The van der Waals surface area contributed by atoms with Crippen molar-refractivity contribution in [3.05, 3.63) is 22.3 Å². The molecule has 0 aliphatic carbocycles. The van der Waals surface area contributed by atoms with Crippen LogP contribution in [0.3, 0.4) is 0 Å². The van der Waals surface area contributed by atoms with Crippen molar-refractivity contribution in [1.82, 2.24) is 0 Å². The third-order valence-electron chi connectivity index (χ3n) is 4.21. The molecule has 3 rings (SSSR count). The van der Waals surface area contributed by atoms with Crippen LogP contribution in [0.5, 0.6) is 5.75 Å². The van der Waals surface area contributed by atoms with Gasteiger partial charge >= 0.3 is 0 Å². The number of anilines is 1. The number of aromatic hydroxyl groups is 1. The van der Waals surface area contributed by atoms with E-state index in [1.807, 2.05) is 0 Å². The van der Waals surface area contributed by atoms with Crippen molar-refractivity contribution in [2.24, 2.45) is 0 Å². The van der Waals surface area contributed by atoms with E-state index in [0.717, 1.165) is 24.0 Å². The van der Waals surface area contributed by atoms with Crippen molar-refractivity contribution in [3.63, 3.8) is 0 Å². The number of phenols is 1. The highest BCUT2D eigenvalue weighted by molar-refractivity contribution is 8.93. The Hall–Kier alpha value is -0.700. The molecular formula is C14H20BrNO. The summed E-state index contributed by atoms with van der Waals surface area (Å²) in [7, 11) is 0. The van der Waals surface area contributed by atoms with E-state index in [2.05, 4.69) is 18.7 Å². The number of hydrogen-bond donors (Lipinski definition) is 1. The molecule has 2 nitrogen and oxygen atoms in total. The van der Waals surface area contributed by atoms with Crippen molar-refractivity contribution in [2.75, 3.05) is 18.0 Å². The Bertz CT molecular complexity index is 419. The average Bonchev–Trinajstić information content (AvgIpc) is 2.33.